The minimum Gasteiger partial charge on any atom is -0.466 e. The van der Waals surface area contributed by atoms with Crippen LogP contribution in [0.1, 0.15) is 37.0 Å². The summed E-state index contributed by atoms with van der Waals surface area (Å²) in [6, 6.07) is 7.14. The monoisotopic (exact) mass is 383 g/mol. The van der Waals surface area contributed by atoms with Crippen molar-refractivity contribution in [3.8, 4) is 0 Å². The van der Waals surface area contributed by atoms with Gasteiger partial charge in [0.2, 0.25) is 0 Å². The molecule has 28 heavy (non-hydrogen) atoms. The zero-order valence-electron chi connectivity index (χ0n) is 16.1. The standard InChI is InChI=1S/C20H25N5O3/c1-3-28-20(27)15-7-5-9-25(11-15)19-17(21)18(22-12-23-19)24-16-8-4-6-14(10-16)13(2)26/h4,6,8,10,12,15H,3,5,7,9,11,21H2,1-2H3,(H,22,23,24). The number of carbonyl (C=O) groups is 2. The molecule has 1 aromatic heterocycles. The third-order valence-corrected chi connectivity index (χ3v) is 4.74. The fourth-order valence-electron chi connectivity index (χ4n) is 3.31. The first-order chi connectivity index (χ1) is 13.5. The van der Waals surface area contributed by atoms with Crippen LogP contribution in [0.3, 0.4) is 0 Å². The summed E-state index contributed by atoms with van der Waals surface area (Å²) in [5.41, 5.74) is 8.05. The molecule has 1 unspecified atom stereocenters. The van der Waals surface area contributed by atoms with Crippen molar-refractivity contribution in [2.24, 2.45) is 5.92 Å². The second-order valence-electron chi connectivity index (χ2n) is 6.76. The Morgan fingerprint density at radius 2 is 2.18 bits per heavy atom. The number of nitrogen functional groups attached to an aromatic ring is 1. The van der Waals surface area contributed by atoms with E-state index in [0.29, 0.717) is 41.7 Å². The lowest BCUT2D eigenvalue weighted by Crippen LogP contribution is -2.40. The molecule has 1 aliphatic heterocycles. The van der Waals surface area contributed by atoms with Crippen molar-refractivity contribution in [3.05, 3.63) is 36.2 Å². The van der Waals surface area contributed by atoms with E-state index in [1.165, 1.54) is 13.3 Å². The highest BCUT2D eigenvalue weighted by Gasteiger charge is 2.29. The Kier molecular flexibility index (Phi) is 6.08. The predicted octanol–water partition coefficient (Wildman–Crippen LogP) is 2.78. The normalized spacial score (nSPS) is 16.5. The second kappa shape index (κ2) is 8.69. The van der Waals surface area contributed by atoms with Gasteiger partial charge in [-0.1, -0.05) is 12.1 Å². The molecular weight excluding hydrogens is 358 g/mol. The molecule has 1 aromatic carbocycles. The molecule has 3 N–H and O–H groups in total. The molecule has 0 spiro atoms. The van der Waals surface area contributed by atoms with Crippen LogP contribution in [0.15, 0.2) is 30.6 Å². The van der Waals surface area contributed by atoms with Gasteiger partial charge in [-0.3, -0.25) is 9.59 Å². The summed E-state index contributed by atoms with van der Waals surface area (Å²) in [6.07, 6.45) is 3.09. The summed E-state index contributed by atoms with van der Waals surface area (Å²) in [5.74, 6) is 0.669. The number of ether oxygens (including phenoxy) is 1. The molecule has 1 fully saturated rings. The number of nitrogens with two attached hydrogens (primary N) is 1. The number of nitrogens with zero attached hydrogens (tertiary/aromatic N) is 3. The lowest BCUT2D eigenvalue weighted by atomic mass is 9.98. The Bertz CT molecular complexity index is 871. The molecule has 148 valence electrons. The number of nitrogens with one attached hydrogen (secondary N) is 1. The zero-order chi connectivity index (χ0) is 20.1. The molecule has 0 aliphatic carbocycles. The maximum atomic E-state index is 12.1. The Balaban J connectivity index is 1.80. The molecule has 8 nitrogen and oxygen atoms in total. The molecular formula is C20H25N5O3. The van der Waals surface area contributed by atoms with Crippen LogP contribution >= 0.6 is 0 Å². The quantitative estimate of drug-likeness (QED) is 0.579. The van der Waals surface area contributed by atoms with Crippen LogP contribution in [0.5, 0.6) is 0 Å². The number of anilines is 4. The summed E-state index contributed by atoms with van der Waals surface area (Å²) in [6.45, 7) is 4.97. The van der Waals surface area contributed by atoms with Crippen molar-refractivity contribution in [1.29, 1.82) is 0 Å². The number of rotatable bonds is 6. The highest BCUT2D eigenvalue weighted by Crippen LogP contribution is 2.31. The number of piperidine rings is 1. The van der Waals surface area contributed by atoms with Crippen molar-refractivity contribution in [3.63, 3.8) is 0 Å². The first kappa shape index (κ1) is 19.6. The molecule has 2 aromatic rings. The smallest absolute Gasteiger partial charge is 0.310 e. The third-order valence-electron chi connectivity index (χ3n) is 4.74. The first-order valence-corrected chi connectivity index (χ1v) is 9.39. The summed E-state index contributed by atoms with van der Waals surface area (Å²) in [7, 11) is 0. The van der Waals surface area contributed by atoms with E-state index in [4.69, 9.17) is 10.5 Å². The summed E-state index contributed by atoms with van der Waals surface area (Å²) in [4.78, 5) is 34.3. The van der Waals surface area contributed by atoms with E-state index in [1.807, 2.05) is 11.0 Å². The van der Waals surface area contributed by atoms with Gasteiger partial charge in [0.1, 0.15) is 12.0 Å². The van der Waals surface area contributed by atoms with Crippen LogP contribution in [-0.4, -0.2) is 41.4 Å². The molecule has 1 atom stereocenters. The van der Waals surface area contributed by atoms with Gasteiger partial charge in [0, 0.05) is 24.3 Å². The van der Waals surface area contributed by atoms with Gasteiger partial charge in [-0.2, -0.15) is 0 Å². The molecule has 0 radical (unpaired) electrons. The zero-order valence-corrected chi connectivity index (χ0v) is 16.1. The van der Waals surface area contributed by atoms with Crippen molar-refractivity contribution < 1.29 is 14.3 Å². The number of benzene rings is 1. The second-order valence-corrected chi connectivity index (χ2v) is 6.76. The average Bonchev–Trinajstić information content (AvgIpc) is 2.70. The van der Waals surface area contributed by atoms with Crippen LogP contribution in [0.2, 0.25) is 0 Å². The topological polar surface area (TPSA) is 110 Å². The van der Waals surface area contributed by atoms with E-state index in [2.05, 4.69) is 15.3 Å². The molecule has 0 amide bonds. The number of hydrogen-bond donors (Lipinski definition) is 2. The maximum absolute atomic E-state index is 12.1. The molecule has 2 heterocycles. The van der Waals surface area contributed by atoms with Gasteiger partial charge >= 0.3 is 5.97 Å². The number of esters is 1. The van der Waals surface area contributed by atoms with Crippen molar-refractivity contribution in [2.75, 3.05) is 35.6 Å². The molecule has 1 aliphatic rings. The van der Waals surface area contributed by atoms with Crippen molar-refractivity contribution in [2.45, 2.75) is 26.7 Å². The average molecular weight is 383 g/mol. The SMILES string of the molecule is CCOC(=O)C1CCCN(c2ncnc(Nc3cccc(C(C)=O)c3)c2N)C1. The van der Waals surface area contributed by atoms with E-state index in [1.54, 1.807) is 25.1 Å². The van der Waals surface area contributed by atoms with Crippen LogP contribution in [0.4, 0.5) is 23.0 Å². The minimum atomic E-state index is -0.188. The Morgan fingerprint density at radius 1 is 1.36 bits per heavy atom. The number of hydrogen-bond acceptors (Lipinski definition) is 8. The van der Waals surface area contributed by atoms with Crippen LogP contribution in [-0.2, 0) is 9.53 Å². The van der Waals surface area contributed by atoms with Gasteiger partial charge in [0.05, 0.1) is 12.5 Å². The summed E-state index contributed by atoms with van der Waals surface area (Å²) < 4.78 is 5.16. The van der Waals surface area contributed by atoms with Gasteiger partial charge < -0.3 is 20.7 Å². The molecule has 0 saturated carbocycles. The largest absolute Gasteiger partial charge is 0.466 e. The lowest BCUT2D eigenvalue weighted by Gasteiger charge is -2.33. The van der Waals surface area contributed by atoms with Gasteiger partial charge in [-0.25, -0.2) is 9.97 Å². The fourth-order valence-corrected chi connectivity index (χ4v) is 3.31. The van der Waals surface area contributed by atoms with E-state index in [-0.39, 0.29) is 17.7 Å². The third kappa shape index (κ3) is 4.39. The van der Waals surface area contributed by atoms with Crippen LogP contribution < -0.4 is 16.0 Å². The molecule has 3 rings (SSSR count). The number of aromatic nitrogens is 2. The Labute approximate surface area is 164 Å². The number of carbonyl (C=O) groups excluding carboxylic acids is 2. The molecule has 8 heteroatoms. The lowest BCUT2D eigenvalue weighted by molar-refractivity contribution is -0.148. The minimum absolute atomic E-state index is 0.0154. The van der Waals surface area contributed by atoms with E-state index >= 15 is 0 Å². The van der Waals surface area contributed by atoms with Crippen molar-refractivity contribution >= 4 is 34.8 Å². The fraction of sp³-hybridized carbons (Fsp3) is 0.400. The van der Waals surface area contributed by atoms with Gasteiger partial charge in [0.15, 0.2) is 17.4 Å². The van der Waals surface area contributed by atoms with E-state index < -0.39 is 0 Å². The number of Topliss-reactive ketones (excluding diaryl/α,β-unsaturated/α-hetero) is 1. The van der Waals surface area contributed by atoms with Gasteiger partial charge in [-0.05, 0) is 38.8 Å². The van der Waals surface area contributed by atoms with Crippen molar-refractivity contribution in [1.82, 2.24) is 9.97 Å². The van der Waals surface area contributed by atoms with E-state index in [0.717, 1.165) is 19.4 Å². The highest BCUT2D eigenvalue weighted by atomic mass is 16.5. The van der Waals surface area contributed by atoms with Crippen LogP contribution in [0.25, 0.3) is 0 Å². The Hall–Kier alpha value is -3.16. The van der Waals surface area contributed by atoms with Gasteiger partial charge in [-0.15, -0.1) is 0 Å². The molecule has 1 saturated heterocycles. The highest BCUT2D eigenvalue weighted by molar-refractivity contribution is 5.95. The maximum Gasteiger partial charge on any atom is 0.310 e. The van der Waals surface area contributed by atoms with Gasteiger partial charge in [0.25, 0.3) is 0 Å². The predicted molar refractivity (Wildman–Crippen MR) is 108 cm³/mol. The number of ketones is 1. The first-order valence-electron chi connectivity index (χ1n) is 9.39. The summed E-state index contributed by atoms with van der Waals surface area (Å²) >= 11 is 0. The molecule has 0 bridgehead atoms. The van der Waals surface area contributed by atoms with E-state index in [9.17, 15) is 9.59 Å². The van der Waals surface area contributed by atoms with Crippen LogP contribution in [0, 0.1) is 5.92 Å². The Morgan fingerprint density at radius 3 is 2.93 bits per heavy atom. The summed E-state index contributed by atoms with van der Waals surface area (Å²) in [5, 5.41) is 3.15.